The van der Waals surface area contributed by atoms with Crippen molar-refractivity contribution in [3.8, 4) is 11.5 Å². The van der Waals surface area contributed by atoms with E-state index in [1.807, 2.05) is 4.90 Å². The van der Waals surface area contributed by atoms with Crippen LogP contribution in [0.1, 0.15) is 11.1 Å². The lowest BCUT2D eigenvalue weighted by molar-refractivity contribution is -0.123. The molecular formula is C21H23BrFN3O4. The van der Waals surface area contributed by atoms with Crippen molar-refractivity contribution >= 4 is 28.1 Å². The van der Waals surface area contributed by atoms with Gasteiger partial charge in [-0.25, -0.2) is 9.82 Å². The van der Waals surface area contributed by atoms with Crippen molar-refractivity contribution in [2.24, 2.45) is 5.10 Å². The van der Waals surface area contributed by atoms with E-state index in [-0.39, 0.29) is 24.9 Å². The minimum Gasteiger partial charge on any atom is -0.493 e. The molecular weight excluding hydrogens is 457 g/mol. The molecule has 0 radical (unpaired) electrons. The van der Waals surface area contributed by atoms with Crippen molar-refractivity contribution < 1.29 is 23.4 Å². The monoisotopic (exact) mass is 479 g/mol. The van der Waals surface area contributed by atoms with Crippen LogP contribution in [0.25, 0.3) is 0 Å². The summed E-state index contributed by atoms with van der Waals surface area (Å²) in [5, 5.41) is 4.01. The molecule has 1 heterocycles. The number of halogens is 2. The van der Waals surface area contributed by atoms with Crippen LogP contribution < -0.4 is 14.9 Å². The molecule has 1 aliphatic heterocycles. The quantitative estimate of drug-likeness (QED) is 0.465. The summed E-state index contributed by atoms with van der Waals surface area (Å²) in [6.45, 7) is 3.07. The maximum Gasteiger partial charge on any atom is 0.254 e. The highest BCUT2D eigenvalue weighted by Crippen LogP contribution is 2.37. The van der Waals surface area contributed by atoms with Gasteiger partial charge in [-0.3, -0.25) is 9.69 Å². The number of hydrazone groups is 1. The molecule has 0 unspecified atom stereocenters. The fourth-order valence-corrected chi connectivity index (χ4v) is 3.47. The Bertz CT molecular complexity index is 904. The van der Waals surface area contributed by atoms with Gasteiger partial charge in [-0.15, -0.1) is 0 Å². The van der Waals surface area contributed by atoms with E-state index in [2.05, 4.69) is 26.5 Å². The van der Waals surface area contributed by atoms with E-state index in [1.54, 1.807) is 30.3 Å². The van der Waals surface area contributed by atoms with E-state index in [1.165, 1.54) is 19.4 Å². The van der Waals surface area contributed by atoms with Crippen molar-refractivity contribution in [3.63, 3.8) is 0 Å². The third-order valence-corrected chi connectivity index (χ3v) is 5.04. The number of hydrogen-bond acceptors (Lipinski definition) is 6. The first-order valence-electron chi connectivity index (χ1n) is 9.42. The number of ether oxygens (including phenoxy) is 3. The number of morpholine rings is 1. The number of amides is 1. The minimum absolute atomic E-state index is 0.0622. The molecule has 0 bridgehead atoms. The van der Waals surface area contributed by atoms with Crippen LogP contribution in [0.15, 0.2) is 46.0 Å². The number of nitrogens with one attached hydrogen (secondary N) is 1. The van der Waals surface area contributed by atoms with E-state index in [9.17, 15) is 9.18 Å². The van der Waals surface area contributed by atoms with Gasteiger partial charge in [0.15, 0.2) is 11.5 Å². The number of benzene rings is 2. The maximum atomic E-state index is 13.8. The molecule has 1 fully saturated rings. The van der Waals surface area contributed by atoms with Crippen molar-refractivity contribution in [1.82, 2.24) is 10.3 Å². The number of rotatable bonds is 8. The van der Waals surface area contributed by atoms with Gasteiger partial charge in [0.25, 0.3) is 5.91 Å². The smallest absolute Gasteiger partial charge is 0.254 e. The van der Waals surface area contributed by atoms with E-state index in [4.69, 9.17) is 14.2 Å². The van der Waals surface area contributed by atoms with Gasteiger partial charge in [-0.1, -0.05) is 18.2 Å². The van der Waals surface area contributed by atoms with Gasteiger partial charge in [-0.05, 0) is 39.7 Å². The van der Waals surface area contributed by atoms with Crippen molar-refractivity contribution in [1.29, 1.82) is 0 Å². The summed E-state index contributed by atoms with van der Waals surface area (Å²) in [5.41, 5.74) is 3.66. The highest BCUT2D eigenvalue weighted by molar-refractivity contribution is 9.10. The Hall–Kier alpha value is -2.49. The molecule has 7 nitrogen and oxygen atoms in total. The molecule has 30 heavy (non-hydrogen) atoms. The molecule has 1 amide bonds. The fourth-order valence-electron chi connectivity index (χ4n) is 2.90. The lowest BCUT2D eigenvalue weighted by Gasteiger charge is -2.25. The van der Waals surface area contributed by atoms with Crippen LogP contribution >= 0.6 is 15.9 Å². The molecule has 1 aliphatic rings. The van der Waals surface area contributed by atoms with Crippen molar-refractivity contribution in [3.05, 3.63) is 57.8 Å². The lowest BCUT2D eigenvalue weighted by atomic mass is 10.2. The van der Waals surface area contributed by atoms with Gasteiger partial charge in [0, 0.05) is 18.7 Å². The second kappa shape index (κ2) is 11.1. The SMILES string of the molecule is COc1cc(/C=N/NC(=O)CN2CCOCC2)cc(Br)c1OCc1ccccc1F. The van der Waals surface area contributed by atoms with Crippen LogP contribution in [0, 0.1) is 5.82 Å². The van der Waals surface area contributed by atoms with E-state index in [0.29, 0.717) is 40.3 Å². The second-order valence-electron chi connectivity index (χ2n) is 6.60. The second-order valence-corrected chi connectivity index (χ2v) is 7.45. The number of methoxy groups -OCH3 is 1. The largest absolute Gasteiger partial charge is 0.493 e. The van der Waals surface area contributed by atoms with Crippen molar-refractivity contribution in [2.45, 2.75) is 6.61 Å². The summed E-state index contributed by atoms with van der Waals surface area (Å²) >= 11 is 3.45. The summed E-state index contributed by atoms with van der Waals surface area (Å²) in [7, 11) is 1.52. The third-order valence-electron chi connectivity index (χ3n) is 4.46. The number of hydrogen-bond donors (Lipinski definition) is 1. The molecule has 0 aliphatic carbocycles. The van der Waals surface area contributed by atoms with Gasteiger partial charge >= 0.3 is 0 Å². The zero-order valence-corrected chi connectivity index (χ0v) is 18.2. The average molecular weight is 480 g/mol. The van der Waals surface area contributed by atoms with Crippen molar-refractivity contribution in [2.75, 3.05) is 40.0 Å². The molecule has 0 spiro atoms. The Morgan fingerprint density at radius 2 is 2.10 bits per heavy atom. The maximum absolute atomic E-state index is 13.8. The number of nitrogens with zero attached hydrogens (tertiary/aromatic N) is 2. The molecule has 9 heteroatoms. The zero-order valence-electron chi connectivity index (χ0n) is 16.6. The third kappa shape index (κ3) is 6.25. The van der Waals surface area contributed by atoms with Gasteiger partial charge in [0.2, 0.25) is 0 Å². The minimum atomic E-state index is -0.329. The first-order chi connectivity index (χ1) is 14.6. The first kappa shape index (κ1) is 22.2. The van der Waals surface area contributed by atoms with Crippen LogP contribution in [0.3, 0.4) is 0 Å². The zero-order chi connectivity index (χ0) is 21.3. The molecule has 1 N–H and O–H groups in total. The van der Waals surface area contributed by atoms with E-state index >= 15 is 0 Å². The number of carbonyl (C=O) groups excluding carboxylic acids is 1. The molecule has 3 rings (SSSR count). The summed E-state index contributed by atoms with van der Waals surface area (Å²) < 4.78 is 30.9. The predicted octanol–water partition coefficient (Wildman–Crippen LogP) is 2.96. The normalized spacial score (nSPS) is 14.6. The molecule has 1 saturated heterocycles. The molecule has 0 saturated carbocycles. The van der Waals surface area contributed by atoms with Crippen LogP contribution in [0.5, 0.6) is 11.5 Å². The summed E-state index contributed by atoms with van der Waals surface area (Å²) in [6, 6.07) is 9.92. The highest BCUT2D eigenvalue weighted by atomic mass is 79.9. The Morgan fingerprint density at radius 3 is 2.83 bits per heavy atom. The Kier molecular flexibility index (Phi) is 8.18. The summed E-state index contributed by atoms with van der Waals surface area (Å²) in [4.78, 5) is 14.0. The Balaban J connectivity index is 1.60. The van der Waals surface area contributed by atoms with Gasteiger partial charge in [-0.2, -0.15) is 5.10 Å². The van der Waals surface area contributed by atoms with Crippen LogP contribution in [-0.2, 0) is 16.1 Å². The first-order valence-corrected chi connectivity index (χ1v) is 10.2. The summed E-state index contributed by atoms with van der Waals surface area (Å²) in [6.07, 6.45) is 1.52. The molecule has 160 valence electrons. The molecule has 2 aromatic carbocycles. The topological polar surface area (TPSA) is 72.4 Å². The Morgan fingerprint density at radius 1 is 1.33 bits per heavy atom. The summed E-state index contributed by atoms with van der Waals surface area (Å²) in [5.74, 6) is 0.393. The average Bonchev–Trinajstić information content (AvgIpc) is 2.74. The fraction of sp³-hybridized carbons (Fsp3) is 0.333. The standard InChI is InChI=1S/C21H23BrFN3O4/c1-28-19-11-15(12-24-25-20(27)13-26-6-8-29-9-7-26)10-17(22)21(19)30-14-16-4-2-3-5-18(16)23/h2-5,10-12H,6-9,13-14H2,1H3,(H,25,27)/b24-12+. The Labute approximate surface area is 182 Å². The predicted molar refractivity (Wildman–Crippen MR) is 114 cm³/mol. The highest BCUT2D eigenvalue weighted by Gasteiger charge is 2.14. The molecule has 0 aromatic heterocycles. The lowest BCUT2D eigenvalue weighted by Crippen LogP contribution is -2.42. The van der Waals surface area contributed by atoms with Gasteiger partial charge < -0.3 is 14.2 Å². The number of carbonyl (C=O) groups is 1. The van der Waals surface area contributed by atoms with Crippen LogP contribution in [0.4, 0.5) is 4.39 Å². The van der Waals surface area contributed by atoms with Gasteiger partial charge in [0.05, 0.1) is 37.6 Å². The van der Waals surface area contributed by atoms with E-state index in [0.717, 1.165) is 13.1 Å². The molecule has 0 atom stereocenters. The van der Waals surface area contributed by atoms with Crippen LogP contribution in [-0.4, -0.2) is 57.0 Å². The molecule has 2 aromatic rings. The van der Waals surface area contributed by atoms with Crippen LogP contribution in [0.2, 0.25) is 0 Å². The van der Waals surface area contributed by atoms with Gasteiger partial charge in [0.1, 0.15) is 12.4 Å². The van der Waals surface area contributed by atoms with E-state index < -0.39 is 0 Å².